The van der Waals surface area contributed by atoms with Crippen LogP contribution in [0.2, 0.25) is 0 Å². The summed E-state index contributed by atoms with van der Waals surface area (Å²) in [6.45, 7) is 3.07. The first-order valence-electron chi connectivity index (χ1n) is 6.71. The lowest BCUT2D eigenvalue weighted by Crippen LogP contribution is -2.46. The first-order chi connectivity index (χ1) is 8.19. The summed E-state index contributed by atoms with van der Waals surface area (Å²) in [6.07, 6.45) is 9.02. The molecule has 2 aliphatic rings. The highest BCUT2D eigenvalue weighted by Gasteiger charge is 2.43. The molecule has 2 N–H and O–H groups in total. The summed E-state index contributed by atoms with van der Waals surface area (Å²) in [5.74, 6) is 0. The van der Waals surface area contributed by atoms with Crippen molar-refractivity contribution in [2.24, 2.45) is 0 Å². The molecule has 17 heavy (non-hydrogen) atoms. The van der Waals surface area contributed by atoms with Crippen molar-refractivity contribution < 1.29 is 5.11 Å². The fourth-order valence-corrected chi connectivity index (χ4v) is 3.31. The second-order valence-electron chi connectivity index (χ2n) is 5.57. The number of fused-ring (bicyclic) bond motifs is 2. The van der Waals surface area contributed by atoms with E-state index >= 15 is 0 Å². The highest BCUT2D eigenvalue weighted by molar-refractivity contribution is 5.19. The second kappa shape index (κ2) is 4.10. The maximum absolute atomic E-state index is 10.8. The van der Waals surface area contributed by atoms with E-state index in [1.807, 2.05) is 17.1 Å². The van der Waals surface area contributed by atoms with Gasteiger partial charge in [-0.05, 0) is 32.1 Å². The number of piperidine rings is 1. The molecular formula is C13H21N3O. The van der Waals surface area contributed by atoms with Crippen LogP contribution in [0.4, 0.5) is 0 Å². The van der Waals surface area contributed by atoms with Crippen molar-refractivity contribution in [3.05, 3.63) is 18.0 Å². The molecule has 2 unspecified atom stereocenters. The van der Waals surface area contributed by atoms with Crippen molar-refractivity contribution >= 4 is 0 Å². The third-order valence-electron chi connectivity index (χ3n) is 4.13. The van der Waals surface area contributed by atoms with E-state index in [2.05, 4.69) is 17.3 Å². The maximum atomic E-state index is 10.8. The molecule has 2 fully saturated rings. The van der Waals surface area contributed by atoms with Crippen LogP contribution in [0, 0.1) is 0 Å². The molecule has 0 aromatic carbocycles. The molecular weight excluding hydrogens is 214 g/mol. The zero-order chi connectivity index (χ0) is 11.9. The fraction of sp³-hybridized carbons (Fsp3) is 0.769. The van der Waals surface area contributed by atoms with Gasteiger partial charge in [0.25, 0.3) is 0 Å². The summed E-state index contributed by atoms with van der Waals surface area (Å²) in [7, 11) is 0. The SMILES string of the molecule is CCCn1cc(C2(O)CC3CCC(C2)N3)cn1. The van der Waals surface area contributed by atoms with E-state index in [9.17, 15) is 5.11 Å². The Balaban J connectivity index is 1.81. The van der Waals surface area contributed by atoms with Crippen molar-refractivity contribution in [3.8, 4) is 0 Å². The molecule has 3 rings (SSSR count). The van der Waals surface area contributed by atoms with Gasteiger partial charge < -0.3 is 10.4 Å². The van der Waals surface area contributed by atoms with Gasteiger partial charge in [0, 0.05) is 30.4 Å². The number of nitrogens with zero attached hydrogens (tertiary/aromatic N) is 2. The van der Waals surface area contributed by atoms with Crippen molar-refractivity contribution in [1.82, 2.24) is 15.1 Å². The Kier molecular flexibility index (Phi) is 2.71. The molecule has 0 amide bonds. The van der Waals surface area contributed by atoms with Crippen LogP contribution in [0.5, 0.6) is 0 Å². The van der Waals surface area contributed by atoms with Crippen molar-refractivity contribution in [2.75, 3.05) is 0 Å². The van der Waals surface area contributed by atoms with Crippen LogP contribution in [0.3, 0.4) is 0 Å². The molecule has 4 heteroatoms. The molecule has 2 aliphatic heterocycles. The van der Waals surface area contributed by atoms with Crippen LogP contribution in [-0.2, 0) is 12.1 Å². The minimum atomic E-state index is -0.650. The predicted octanol–water partition coefficient (Wildman–Crippen LogP) is 1.40. The zero-order valence-electron chi connectivity index (χ0n) is 10.4. The smallest absolute Gasteiger partial charge is 0.0956 e. The van der Waals surface area contributed by atoms with E-state index in [1.54, 1.807) is 0 Å². The lowest BCUT2D eigenvalue weighted by molar-refractivity contribution is -0.0115. The van der Waals surface area contributed by atoms with E-state index in [4.69, 9.17) is 0 Å². The number of rotatable bonds is 3. The van der Waals surface area contributed by atoms with Gasteiger partial charge in [0.1, 0.15) is 0 Å². The first kappa shape index (κ1) is 11.2. The van der Waals surface area contributed by atoms with Gasteiger partial charge in [-0.1, -0.05) is 6.92 Å². The molecule has 2 saturated heterocycles. The molecule has 2 bridgehead atoms. The molecule has 3 heterocycles. The zero-order valence-corrected chi connectivity index (χ0v) is 10.4. The Morgan fingerprint density at radius 1 is 1.47 bits per heavy atom. The van der Waals surface area contributed by atoms with Crippen LogP contribution in [0.1, 0.15) is 44.6 Å². The normalized spacial score (nSPS) is 36.4. The van der Waals surface area contributed by atoms with E-state index in [-0.39, 0.29) is 0 Å². The van der Waals surface area contributed by atoms with Crippen LogP contribution in [0.15, 0.2) is 12.4 Å². The van der Waals surface area contributed by atoms with Crippen LogP contribution in [-0.4, -0.2) is 27.0 Å². The Labute approximate surface area is 102 Å². The van der Waals surface area contributed by atoms with E-state index in [0.29, 0.717) is 12.1 Å². The predicted molar refractivity (Wildman–Crippen MR) is 65.6 cm³/mol. The highest BCUT2D eigenvalue weighted by Crippen LogP contribution is 2.40. The Morgan fingerprint density at radius 3 is 2.82 bits per heavy atom. The summed E-state index contributed by atoms with van der Waals surface area (Å²) in [5.41, 5.74) is 0.354. The Bertz CT molecular complexity index is 389. The van der Waals surface area contributed by atoms with E-state index in [1.165, 1.54) is 12.8 Å². The lowest BCUT2D eigenvalue weighted by atomic mass is 9.83. The maximum Gasteiger partial charge on any atom is 0.0956 e. The van der Waals surface area contributed by atoms with Gasteiger partial charge in [-0.2, -0.15) is 5.10 Å². The molecule has 0 spiro atoms. The van der Waals surface area contributed by atoms with Gasteiger partial charge in [0.2, 0.25) is 0 Å². The molecule has 0 saturated carbocycles. The minimum absolute atomic E-state index is 0.494. The third-order valence-corrected chi connectivity index (χ3v) is 4.13. The largest absolute Gasteiger partial charge is 0.385 e. The quantitative estimate of drug-likeness (QED) is 0.832. The summed E-state index contributed by atoms with van der Waals surface area (Å²) >= 11 is 0. The van der Waals surface area contributed by atoms with E-state index < -0.39 is 5.60 Å². The topological polar surface area (TPSA) is 50.1 Å². The number of aromatic nitrogens is 2. The molecule has 94 valence electrons. The fourth-order valence-electron chi connectivity index (χ4n) is 3.31. The summed E-state index contributed by atoms with van der Waals surface area (Å²) in [6, 6.07) is 0.988. The van der Waals surface area contributed by atoms with Gasteiger partial charge >= 0.3 is 0 Å². The van der Waals surface area contributed by atoms with Crippen molar-refractivity contribution in [3.63, 3.8) is 0 Å². The summed E-state index contributed by atoms with van der Waals surface area (Å²) in [5, 5.41) is 18.7. The minimum Gasteiger partial charge on any atom is -0.385 e. The molecule has 0 aliphatic carbocycles. The van der Waals surface area contributed by atoms with Gasteiger partial charge in [-0.25, -0.2) is 0 Å². The Morgan fingerprint density at radius 2 is 2.18 bits per heavy atom. The lowest BCUT2D eigenvalue weighted by Gasteiger charge is -2.36. The van der Waals surface area contributed by atoms with Gasteiger partial charge in [-0.15, -0.1) is 0 Å². The van der Waals surface area contributed by atoms with Gasteiger partial charge in [-0.3, -0.25) is 4.68 Å². The average Bonchev–Trinajstić information content (AvgIpc) is 2.87. The molecule has 2 atom stereocenters. The van der Waals surface area contributed by atoms with Crippen molar-refractivity contribution in [1.29, 1.82) is 0 Å². The molecule has 1 aromatic heterocycles. The number of nitrogens with one attached hydrogen (secondary N) is 1. The van der Waals surface area contributed by atoms with E-state index in [0.717, 1.165) is 31.4 Å². The number of aliphatic hydroxyl groups is 1. The van der Waals surface area contributed by atoms with Crippen LogP contribution < -0.4 is 5.32 Å². The number of aryl methyl sites for hydroxylation is 1. The average molecular weight is 235 g/mol. The molecule has 1 aromatic rings. The van der Waals surface area contributed by atoms with Gasteiger partial charge in [0.15, 0.2) is 0 Å². The van der Waals surface area contributed by atoms with Crippen LogP contribution in [0.25, 0.3) is 0 Å². The number of hydrogen-bond acceptors (Lipinski definition) is 3. The third kappa shape index (κ3) is 2.00. The highest BCUT2D eigenvalue weighted by atomic mass is 16.3. The van der Waals surface area contributed by atoms with Gasteiger partial charge in [0.05, 0.1) is 11.8 Å². The first-order valence-corrected chi connectivity index (χ1v) is 6.71. The van der Waals surface area contributed by atoms with Crippen LogP contribution >= 0.6 is 0 Å². The number of hydrogen-bond donors (Lipinski definition) is 2. The summed E-state index contributed by atoms with van der Waals surface area (Å²) in [4.78, 5) is 0. The molecule has 0 radical (unpaired) electrons. The summed E-state index contributed by atoms with van der Waals surface area (Å²) < 4.78 is 1.94. The standard InChI is InChI=1S/C13H21N3O/c1-2-5-16-9-10(8-14-16)13(17)6-11-3-4-12(7-13)15-11/h8-9,11-12,15,17H,2-7H2,1H3. The van der Waals surface area contributed by atoms with Crippen molar-refractivity contribution in [2.45, 2.75) is 63.3 Å². The Hall–Kier alpha value is -0.870. The second-order valence-corrected chi connectivity index (χ2v) is 5.57. The monoisotopic (exact) mass is 235 g/mol. The molecule has 4 nitrogen and oxygen atoms in total.